The molecule has 5 heteroatoms. The first-order valence-corrected chi connectivity index (χ1v) is 11.0. The molecule has 0 aromatic heterocycles. The Balaban J connectivity index is 1.51. The minimum Gasteiger partial charge on any atom is -0.208 e. The molecule has 3 nitrogen and oxygen atoms in total. The smallest absolute Gasteiger partial charge is 0.208 e. The molecule has 0 heterocycles. The molecule has 1 atom stereocenters. The maximum Gasteiger partial charge on any atom is 0.240 e. The van der Waals surface area contributed by atoms with Crippen LogP contribution >= 0.6 is 15.9 Å². The highest BCUT2D eigenvalue weighted by Gasteiger charge is 2.50. The Kier molecular flexibility index (Phi) is 4.10. The number of benzene rings is 1. The van der Waals surface area contributed by atoms with E-state index in [1.54, 1.807) is 24.3 Å². The Morgan fingerprint density at radius 3 is 2.04 bits per heavy atom. The number of hydrogen-bond acceptors (Lipinski definition) is 2. The minimum absolute atomic E-state index is 0.0265. The van der Waals surface area contributed by atoms with Crippen molar-refractivity contribution < 1.29 is 8.42 Å². The van der Waals surface area contributed by atoms with Gasteiger partial charge < -0.3 is 0 Å². The Morgan fingerprint density at radius 2 is 1.52 bits per heavy atom. The van der Waals surface area contributed by atoms with Crippen LogP contribution in [0.25, 0.3) is 0 Å². The molecule has 1 N–H and O–H groups in total. The van der Waals surface area contributed by atoms with E-state index >= 15 is 0 Å². The van der Waals surface area contributed by atoms with E-state index in [1.165, 1.54) is 32.1 Å². The van der Waals surface area contributed by atoms with Crippen molar-refractivity contribution in [2.45, 2.75) is 50.0 Å². The van der Waals surface area contributed by atoms with Gasteiger partial charge in [-0.2, -0.15) is 0 Å². The zero-order chi connectivity index (χ0) is 16.2. The van der Waals surface area contributed by atoms with Crippen molar-refractivity contribution in [2.24, 2.45) is 29.6 Å². The van der Waals surface area contributed by atoms with Gasteiger partial charge in [-0.15, -0.1) is 0 Å². The van der Waals surface area contributed by atoms with E-state index in [4.69, 9.17) is 0 Å². The molecule has 1 aromatic rings. The normalized spacial score (nSPS) is 37.0. The van der Waals surface area contributed by atoms with Crippen LogP contribution < -0.4 is 4.72 Å². The molecule has 4 saturated carbocycles. The molecule has 0 aliphatic heterocycles. The molecule has 4 bridgehead atoms. The summed E-state index contributed by atoms with van der Waals surface area (Å²) in [5, 5.41) is 0. The molecule has 5 rings (SSSR count). The Bertz CT molecular complexity index is 657. The van der Waals surface area contributed by atoms with Crippen molar-refractivity contribution >= 4 is 26.0 Å². The first-order chi connectivity index (χ1) is 10.9. The predicted molar refractivity (Wildman–Crippen MR) is 94.5 cm³/mol. The molecule has 126 valence electrons. The second-order valence-corrected chi connectivity index (χ2v) is 10.5. The maximum absolute atomic E-state index is 12.7. The van der Waals surface area contributed by atoms with Gasteiger partial charge in [-0.3, -0.25) is 0 Å². The summed E-state index contributed by atoms with van der Waals surface area (Å²) in [5.74, 6) is 3.82. The zero-order valence-corrected chi connectivity index (χ0v) is 15.8. The van der Waals surface area contributed by atoms with Crippen LogP contribution in [0.2, 0.25) is 0 Å². The van der Waals surface area contributed by atoms with Crippen molar-refractivity contribution in [2.75, 3.05) is 0 Å². The molecule has 0 radical (unpaired) electrons. The average molecular weight is 398 g/mol. The van der Waals surface area contributed by atoms with Gasteiger partial charge in [-0.25, -0.2) is 13.1 Å². The van der Waals surface area contributed by atoms with Gasteiger partial charge in [0.05, 0.1) is 4.90 Å². The van der Waals surface area contributed by atoms with Crippen LogP contribution in [0.5, 0.6) is 0 Å². The third-order valence-electron chi connectivity index (χ3n) is 6.34. The van der Waals surface area contributed by atoms with E-state index in [2.05, 4.69) is 27.6 Å². The predicted octanol–water partition coefficient (Wildman–Crippen LogP) is 4.19. The fourth-order valence-corrected chi connectivity index (χ4v) is 7.33. The van der Waals surface area contributed by atoms with Gasteiger partial charge in [0, 0.05) is 10.5 Å². The summed E-state index contributed by atoms with van der Waals surface area (Å²) in [7, 11) is -3.43. The molecule has 4 fully saturated rings. The van der Waals surface area contributed by atoms with Crippen molar-refractivity contribution in [3.05, 3.63) is 28.7 Å². The highest BCUT2D eigenvalue weighted by Crippen LogP contribution is 2.57. The van der Waals surface area contributed by atoms with E-state index in [-0.39, 0.29) is 6.04 Å². The topological polar surface area (TPSA) is 46.2 Å². The first kappa shape index (κ1) is 16.1. The van der Waals surface area contributed by atoms with Gasteiger partial charge in [0.25, 0.3) is 0 Å². The van der Waals surface area contributed by atoms with E-state index in [0.29, 0.717) is 10.8 Å². The Labute approximate surface area is 147 Å². The summed E-state index contributed by atoms with van der Waals surface area (Å²) >= 11 is 3.35. The highest BCUT2D eigenvalue weighted by molar-refractivity contribution is 9.10. The standard InChI is InChI=1S/C18H24BrNO2S/c1-11(20-23(21,22)17-4-2-16(19)3-5-17)18-14-7-12-6-13(9-14)10-15(18)8-12/h2-5,11-15,18,20H,6-10H2,1H3. The monoisotopic (exact) mass is 397 g/mol. The van der Waals surface area contributed by atoms with Crippen LogP contribution in [0.15, 0.2) is 33.6 Å². The number of sulfonamides is 1. The quantitative estimate of drug-likeness (QED) is 0.827. The van der Waals surface area contributed by atoms with Gasteiger partial charge in [0.1, 0.15) is 0 Å². The molecular formula is C18H24BrNO2S. The summed E-state index contributed by atoms with van der Waals surface area (Å²) in [6.07, 6.45) is 6.72. The molecule has 1 unspecified atom stereocenters. The van der Waals surface area contributed by atoms with Crippen LogP contribution in [0.3, 0.4) is 0 Å². The van der Waals surface area contributed by atoms with Gasteiger partial charge in [-0.1, -0.05) is 15.9 Å². The van der Waals surface area contributed by atoms with E-state index in [9.17, 15) is 8.42 Å². The summed E-state index contributed by atoms with van der Waals surface area (Å²) in [5.41, 5.74) is 0. The third-order valence-corrected chi connectivity index (χ3v) is 8.45. The van der Waals surface area contributed by atoms with Gasteiger partial charge in [0.15, 0.2) is 0 Å². The van der Waals surface area contributed by atoms with Crippen molar-refractivity contribution in [1.82, 2.24) is 4.72 Å². The molecule has 0 saturated heterocycles. The van der Waals surface area contributed by atoms with E-state index < -0.39 is 10.0 Å². The minimum atomic E-state index is -3.43. The largest absolute Gasteiger partial charge is 0.240 e. The molecule has 0 amide bonds. The van der Waals surface area contributed by atoms with E-state index in [1.807, 2.05) is 0 Å². The second-order valence-electron chi connectivity index (χ2n) is 7.87. The molecular weight excluding hydrogens is 374 g/mol. The molecule has 4 aliphatic rings. The third kappa shape index (κ3) is 3.00. The summed E-state index contributed by atoms with van der Waals surface area (Å²) in [6, 6.07) is 6.91. The number of rotatable bonds is 4. The average Bonchev–Trinajstić information content (AvgIpc) is 2.45. The lowest BCUT2D eigenvalue weighted by molar-refractivity contribution is -0.0463. The fraction of sp³-hybridized carbons (Fsp3) is 0.667. The molecule has 0 spiro atoms. The molecule has 1 aromatic carbocycles. The SMILES string of the molecule is CC(NS(=O)(=O)c1ccc(Br)cc1)C1C2CC3CC(C2)CC1C3. The maximum atomic E-state index is 12.7. The fourth-order valence-electron chi connectivity index (χ4n) is 5.79. The van der Waals surface area contributed by atoms with Crippen molar-refractivity contribution in [3.63, 3.8) is 0 Å². The molecule has 23 heavy (non-hydrogen) atoms. The lowest BCUT2D eigenvalue weighted by Crippen LogP contribution is -2.52. The first-order valence-electron chi connectivity index (χ1n) is 8.70. The highest BCUT2D eigenvalue weighted by atomic mass is 79.9. The Hall–Kier alpha value is -0.390. The zero-order valence-electron chi connectivity index (χ0n) is 13.4. The number of hydrogen-bond donors (Lipinski definition) is 1. The summed E-state index contributed by atoms with van der Waals surface area (Å²) in [4.78, 5) is 0.358. The van der Waals surface area contributed by atoms with Crippen LogP contribution in [0, 0.1) is 29.6 Å². The van der Waals surface area contributed by atoms with Crippen LogP contribution in [-0.4, -0.2) is 14.5 Å². The molecule has 4 aliphatic carbocycles. The van der Waals surface area contributed by atoms with Crippen LogP contribution in [0.1, 0.15) is 39.0 Å². The van der Waals surface area contributed by atoms with Crippen molar-refractivity contribution in [3.8, 4) is 0 Å². The van der Waals surface area contributed by atoms with Gasteiger partial charge >= 0.3 is 0 Å². The van der Waals surface area contributed by atoms with Crippen LogP contribution in [-0.2, 0) is 10.0 Å². The van der Waals surface area contributed by atoms with E-state index in [0.717, 1.165) is 28.1 Å². The van der Waals surface area contributed by atoms with Gasteiger partial charge in [0.2, 0.25) is 10.0 Å². The summed E-state index contributed by atoms with van der Waals surface area (Å²) < 4.78 is 29.2. The van der Waals surface area contributed by atoms with Crippen LogP contribution in [0.4, 0.5) is 0 Å². The van der Waals surface area contributed by atoms with Crippen molar-refractivity contribution in [1.29, 1.82) is 0 Å². The lowest BCUT2D eigenvalue weighted by atomic mass is 9.51. The van der Waals surface area contributed by atoms with Gasteiger partial charge in [-0.05, 0) is 92.9 Å². The Morgan fingerprint density at radius 1 is 1.00 bits per heavy atom. The number of nitrogens with one attached hydrogen (secondary N) is 1. The summed E-state index contributed by atoms with van der Waals surface area (Å²) in [6.45, 7) is 2.07. The number of halogens is 1. The second kappa shape index (κ2) is 5.85. The lowest BCUT2D eigenvalue weighted by Gasteiger charge is -2.56.